The second-order valence-electron chi connectivity index (χ2n) is 6.76. The molecule has 7 nitrogen and oxygen atoms in total. The third kappa shape index (κ3) is 4.23. The van der Waals surface area contributed by atoms with Crippen LogP contribution in [0, 0.1) is 0 Å². The summed E-state index contributed by atoms with van der Waals surface area (Å²) < 4.78 is 22.4. The summed E-state index contributed by atoms with van der Waals surface area (Å²) in [5, 5.41) is 2.64. The summed E-state index contributed by atoms with van der Waals surface area (Å²) in [5.41, 5.74) is 0.479. The molecule has 2 aliphatic rings. The molecule has 0 aliphatic carbocycles. The highest BCUT2D eigenvalue weighted by atomic mass is 16.7. The van der Waals surface area contributed by atoms with Gasteiger partial charge in [-0.2, -0.15) is 0 Å². The molecule has 7 heteroatoms. The molecular formula is C19H23NO6. The molecule has 0 spiro atoms. The molecule has 1 amide bonds. The number of fused-ring (bicyclic) bond motifs is 1. The number of hydrogen-bond donors (Lipinski definition) is 1. The average Bonchev–Trinajstić information content (AvgIpc) is 2.62. The zero-order valence-corrected chi connectivity index (χ0v) is 15.0. The summed E-state index contributed by atoms with van der Waals surface area (Å²) in [7, 11) is 0. The summed E-state index contributed by atoms with van der Waals surface area (Å²) in [6.07, 6.45) is 1.69. The molecule has 1 aromatic carbocycles. The molecule has 0 radical (unpaired) electrons. The van der Waals surface area contributed by atoms with Gasteiger partial charge in [-0.15, -0.1) is 0 Å². The SMILES string of the molecule is CC(NC(=O)c1ccccc1)C(=O)O[C@@H]1C=CO[C@@H]2COC(C)(C)O[C@@H]12. The Morgan fingerprint density at radius 1 is 1.27 bits per heavy atom. The van der Waals surface area contributed by atoms with Crippen LogP contribution in [-0.2, 0) is 23.7 Å². The number of carbonyl (C=O) groups is 2. The number of ether oxygens (including phenoxy) is 4. The van der Waals surface area contributed by atoms with Crippen LogP contribution in [0.3, 0.4) is 0 Å². The van der Waals surface area contributed by atoms with E-state index in [4.69, 9.17) is 18.9 Å². The maximum atomic E-state index is 12.4. The maximum absolute atomic E-state index is 12.4. The molecule has 3 rings (SSSR count). The number of esters is 1. The van der Waals surface area contributed by atoms with Crippen molar-refractivity contribution in [3.05, 3.63) is 48.2 Å². The molecule has 140 valence electrons. The number of carbonyl (C=O) groups excluding carboxylic acids is 2. The molecule has 1 saturated heterocycles. The van der Waals surface area contributed by atoms with Gasteiger partial charge < -0.3 is 24.3 Å². The third-order valence-electron chi connectivity index (χ3n) is 4.22. The number of rotatable bonds is 4. The summed E-state index contributed by atoms with van der Waals surface area (Å²) in [5.74, 6) is -1.66. The fourth-order valence-corrected chi connectivity index (χ4v) is 2.81. The topological polar surface area (TPSA) is 83.1 Å². The lowest BCUT2D eigenvalue weighted by Gasteiger charge is -2.44. The van der Waals surface area contributed by atoms with Crippen molar-refractivity contribution in [2.75, 3.05) is 6.61 Å². The highest BCUT2D eigenvalue weighted by molar-refractivity contribution is 5.96. The largest absolute Gasteiger partial charge is 0.493 e. The first kappa shape index (κ1) is 18.4. The van der Waals surface area contributed by atoms with Crippen LogP contribution in [0.5, 0.6) is 0 Å². The second-order valence-corrected chi connectivity index (χ2v) is 6.76. The quantitative estimate of drug-likeness (QED) is 0.823. The number of benzene rings is 1. The Balaban J connectivity index is 1.60. The molecule has 0 aromatic heterocycles. The molecule has 4 atom stereocenters. The van der Waals surface area contributed by atoms with Crippen LogP contribution >= 0.6 is 0 Å². The summed E-state index contributed by atoms with van der Waals surface area (Å²) in [6, 6.07) is 7.89. The Bertz CT molecular complexity index is 687. The van der Waals surface area contributed by atoms with Crippen molar-refractivity contribution < 1.29 is 28.5 Å². The van der Waals surface area contributed by atoms with Gasteiger partial charge >= 0.3 is 5.97 Å². The molecule has 1 unspecified atom stereocenters. The zero-order valence-electron chi connectivity index (χ0n) is 15.0. The first-order valence-electron chi connectivity index (χ1n) is 8.56. The molecule has 0 saturated carbocycles. The summed E-state index contributed by atoms with van der Waals surface area (Å²) in [4.78, 5) is 24.6. The molecule has 2 aliphatic heterocycles. The van der Waals surface area contributed by atoms with Gasteiger partial charge in [-0.25, -0.2) is 4.79 Å². The Kier molecular flexibility index (Phi) is 5.29. The van der Waals surface area contributed by atoms with E-state index >= 15 is 0 Å². The number of nitrogens with one attached hydrogen (secondary N) is 1. The molecule has 26 heavy (non-hydrogen) atoms. The zero-order chi connectivity index (χ0) is 18.7. The molecule has 1 aromatic rings. The molecular weight excluding hydrogens is 338 g/mol. The van der Waals surface area contributed by atoms with Crippen molar-refractivity contribution in [2.45, 2.75) is 50.9 Å². The highest BCUT2D eigenvalue weighted by Crippen LogP contribution is 2.30. The second kappa shape index (κ2) is 7.47. The number of hydrogen-bond acceptors (Lipinski definition) is 6. The smallest absolute Gasteiger partial charge is 0.329 e. The Labute approximate surface area is 152 Å². The molecule has 2 heterocycles. The Morgan fingerprint density at radius 2 is 2.00 bits per heavy atom. The Morgan fingerprint density at radius 3 is 2.73 bits per heavy atom. The third-order valence-corrected chi connectivity index (χ3v) is 4.22. The van der Waals surface area contributed by atoms with Crippen LogP contribution in [0.15, 0.2) is 42.7 Å². The van der Waals surface area contributed by atoms with Crippen LogP contribution in [0.4, 0.5) is 0 Å². The summed E-state index contributed by atoms with van der Waals surface area (Å²) >= 11 is 0. The Hall–Kier alpha value is -2.38. The first-order valence-corrected chi connectivity index (χ1v) is 8.56. The van der Waals surface area contributed by atoms with Gasteiger partial charge in [-0.05, 0) is 39.0 Å². The van der Waals surface area contributed by atoms with E-state index in [1.54, 1.807) is 51.1 Å². The predicted molar refractivity (Wildman–Crippen MR) is 92.2 cm³/mol. The van der Waals surface area contributed by atoms with Crippen LogP contribution < -0.4 is 5.32 Å². The van der Waals surface area contributed by atoms with Gasteiger partial charge in [-0.1, -0.05) is 18.2 Å². The predicted octanol–water partition coefficient (Wildman–Crippen LogP) is 1.78. The van der Waals surface area contributed by atoms with Crippen LogP contribution in [0.25, 0.3) is 0 Å². The standard InChI is InChI=1S/C19H23NO6/c1-12(20-17(21)13-7-5-4-6-8-13)18(22)25-14-9-10-23-15-11-24-19(2,3)26-16(14)15/h4-10,12,14-16H,11H2,1-3H3,(H,20,21)/t12?,14-,15-,16+/m1/s1. The van der Waals surface area contributed by atoms with E-state index in [2.05, 4.69) is 5.32 Å². The minimum absolute atomic E-state index is 0.334. The van der Waals surface area contributed by atoms with E-state index in [1.165, 1.54) is 6.26 Å². The van der Waals surface area contributed by atoms with E-state index < -0.39 is 30.0 Å². The lowest BCUT2D eigenvalue weighted by atomic mass is 10.0. The maximum Gasteiger partial charge on any atom is 0.329 e. The van der Waals surface area contributed by atoms with Crippen molar-refractivity contribution in [1.82, 2.24) is 5.32 Å². The number of amides is 1. The lowest BCUT2D eigenvalue weighted by Crippen LogP contribution is -2.56. The summed E-state index contributed by atoms with van der Waals surface area (Å²) in [6.45, 7) is 5.51. The van der Waals surface area contributed by atoms with E-state index in [0.29, 0.717) is 12.2 Å². The minimum atomic E-state index is -0.801. The van der Waals surface area contributed by atoms with Gasteiger partial charge in [-0.3, -0.25) is 4.79 Å². The van der Waals surface area contributed by atoms with Crippen LogP contribution in [0.1, 0.15) is 31.1 Å². The molecule has 1 fully saturated rings. The van der Waals surface area contributed by atoms with Gasteiger partial charge in [0.05, 0.1) is 12.9 Å². The minimum Gasteiger partial charge on any atom is -0.493 e. The van der Waals surface area contributed by atoms with Crippen molar-refractivity contribution >= 4 is 11.9 Å². The monoisotopic (exact) mass is 361 g/mol. The van der Waals surface area contributed by atoms with E-state index in [9.17, 15) is 9.59 Å². The van der Waals surface area contributed by atoms with Gasteiger partial charge in [0, 0.05) is 5.56 Å². The molecule has 1 N–H and O–H groups in total. The van der Waals surface area contributed by atoms with Crippen molar-refractivity contribution in [1.29, 1.82) is 0 Å². The van der Waals surface area contributed by atoms with E-state index in [-0.39, 0.29) is 12.0 Å². The molecule has 0 bridgehead atoms. The lowest BCUT2D eigenvalue weighted by molar-refractivity contribution is -0.319. The van der Waals surface area contributed by atoms with Crippen LogP contribution in [-0.4, -0.2) is 48.6 Å². The van der Waals surface area contributed by atoms with Crippen molar-refractivity contribution in [3.8, 4) is 0 Å². The fourth-order valence-electron chi connectivity index (χ4n) is 2.81. The first-order chi connectivity index (χ1) is 12.4. The normalized spacial score (nSPS) is 27.6. The fraction of sp³-hybridized carbons (Fsp3) is 0.474. The van der Waals surface area contributed by atoms with Crippen molar-refractivity contribution in [2.24, 2.45) is 0 Å². The van der Waals surface area contributed by atoms with Gasteiger partial charge in [0.1, 0.15) is 12.1 Å². The van der Waals surface area contributed by atoms with Gasteiger partial charge in [0.15, 0.2) is 18.0 Å². The average molecular weight is 361 g/mol. The van der Waals surface area contributed by atoms with Gasteiger partial charge in [0.2, 0.25) is 0 Å². The van der Waals surface area contributed by atoms with Gasteiger partial charge in [0.25, 0.3) is 5.91 Å². The highest BCUT2D eigenvalue weighted by Gasteiger charge is 2.44. The van der Waals surface area contributed by atoms with E-state index in [1.807, 2.05) is 6.07 Å². The van der Waals surface area contributed by atoms with Crippen LogP contribution in [0.2, 0.25) is 0 Å². The van der Waals surface area contributed by atoms with E-state index in [0.717, 1.165) is 0 Å². The van der Waals surface area contributed by atoms with Crippen molar-refractivity contribution in [3.63, 3.8) is 0 Å².